The molecular weight excluding hydrogens is 270 g/mol. The Morgan fingerprint density at radius 3 is 2.75 bits per heavy atom. The molecule has 1 atom stereocenters. The van der Waals surface area contributed by atoms with E-state index in [1.807, 2.05) is 36.6 Å². The lowest BCUT2D eigenvalue weighted by Crippen LogP contribution is -2.27. The van der Waals surface area contributed by atoms with Crippen molar-refractivity contribution >= 4 is 22.9 Å². The molecular formula is C15H19N3OS. The molecule has 0 saturated carbocycles. The zero-order chi connectivity index (χ0) is 14.5. The van der Waals surface area contributed by atoms with Crippen LogP contribution in [0.5, 0.6) is 0 Å². The number of hydrogen-bond donors (Lipinski definition) is 3. The molecule has 20 heavy (non-hydrogen) atoms. The Kier molecular flexibility index (Phi) is 4.76. The molecule has 5 heteroatoms. The van der Waals surface area contributed by atoms with Crippen molar-refractivity contribution in [2.45, 2.75) is 26.3 Å². The first kappa shape index (κ1) is 14.6. The lowest BCUT2D eigenvalue weighted by molar-refractivity contribution is 0.0936. The minimum atomic E-state index is -0.0584. The quantitative estimate of drug-likeness (QED) is 0.585. The summed E-state index contributed by atoms with van der Waals surface area (Å²) in [6.45, 7) is 3.99. The lowest BCUT2D eigenvalue weighted by atomic mass is 10.1. The van der Waals surface area contributed by atoms with Gasteiger partial charge in [0, 0.05) is 10.4 Å². The Morgan fingerprint density at radius 2 is 2.20 bits per heavy atom. The summed E-state index contributed by atoms with van der Waals surface area (Å²) >= 11 is 1.66. The number of anilines is 1. The maximum Gasteiger partial charge on any atom is 0.251 e. The zero-order valence-electron chi connectivity index (χ0n) is 11.6. The molecule has 0 bridgehead atoms. The van der Waals surface area contributed by atoms with Crippen LogP contribution in [0.2, 0.25) is 0 Å². The van der Waals surface area contributed by atoms with Crippen LogP contribution in [0.3, 0.4) is 0 Å². The molecule has 0 radical (unpaired) electrons. The van der Waals surface area contributed by atoms with E-state index < -0.39 is 0 Å². The fourth-order valence-corrected chi connectivity index (χ4v) is 2.93. The number of nitrogens with two attached hydrogens (primary N) is 1. The second-order valence-corrected chi connectivity index (χ2v) is 5.60. The van der Waals surface area contributed by atoms with Crippen LogP contribution in [0.15, 0.2) is 35.7 Å². The monoisotopic (exact) mass is 289 g/mol. The van der Waals surface area contributed by atoms with Crippen molar-refractivity contribution in [2.75, 3.05) is 5.43 Å². The Hall–Kier alpha value is -1.85. The minimum absolute atomic E-state index is 0.0584. The maximum absolute atomic E-state index is 12.3. The SMILES string of the molecule is CCC(NC(=O)c1ccc(NN)c(C)c1)c1cccs1. The van der Waals surface area contributed by atoms with Crippen molar-refractivity contribution in [1.82, 2.24) is 5.32 Å². The molecule has 1 unspecified atom stereocenters. The molecule has 1 aromatic heterocycles. The van der Waals surface area contributed by atoms with E-state index >= 15 is 0 Å². The highest BCUT2D eigenvalue weighted by Crippen LogP contribution is 2.22. The van der Waals surface area contributed by atoms with Gasteiger partial charge in [0.05, 0.1) is 11.7 Å². The number of rotatable bonds is 5. The molecule has 0 fully saturated rings. The second-order valence-electron chi connectivity index (χ2n) is 4.62. The van der Waals surface area contributed by atoms with Crippen molar-refractivity contribution in [2.24, 2.45) is 5.84 Å². The summed E-state index contributed by atoms with van der Waals surface area (Å²) in [5.74, 6) is 5.34. The van der Waals surface area contributed by atoms with E-state index in [1.54, 1.807) is 17.4 Å². The molecule has 2 aromatic rings. The van der Waals surface area contributed by atoms with Gasteiger partial charge in [-0.05, 0) is 48.6 Å². The summed E-state index contributed by atoms with van der Waals surface area (Å²) < 4.78 is 0. The van der Waals surface area contributed by atoms with Gasteiger partial charge in [0.15, 0.2) is 0 Å². The van der Waals surface area contributed by atoms with Gasteiger partial charge in [0.2, 0.25) is 0 Å². The standard InChI is InChI=1S/C15H19N3OS/c1-3-12(14-5-4-8-20-14)17-15(19)11-6-7-13(18-16)10(2)9-11/h4-9,12,18H,3,16H2,1-2H3,(H,17,19). The second kappa shape index (κ2) is 6.54. The van der Waals surface area contributed by atoms with E-state index in [-0.39, 0.29) is 11.9 Å². The summed E-state index contributed by atoms with van der Waals surface area (Å²) in [6, 6.07) is 9.54. The summed E-state index contributed by atoms with van der Waals surface area (Å²) in [5.41, 5.74) is 5.03. The van der Waals surface area contributed by atoms with Crippen molar-refractivity contribution in [3.05, 3.63) is 51.7 Å². The molecule has 0 aliphatic carbocycles. The largest absolute Gasteiger partial charge is 0.344 e. The molecule has 106 valence electrons. The van der Waals surface area contributed by atoms with E-state index in [4.69, 9.17) is 5.84 Å². The molecule has 1 heterocycles. The average molecular weight is 289 g/mol. The number of amides is 1. The molecule has 0 spiro atoms. The van der Waals surface area contributed by atoms with Crippen molar-refractivity contribution in [3.63, 3.8) is 0 Å². The lowest BCUT2D eigenvalue weighted by Gasteiger charge is -2.16. The van der Waals surface area contributed by atoms with E-state index in [1.165, 1.54) is 4.88 Å². The summed E-state index contributed by atoms with van der Waals surface area (Å²) in [4.78, 5) is 13.5. The van der Waals surface area contributed by atoms with Crippen LogP contribution in [-0.2, 0) is 0 Å². The van der Waals surface area contributed by atoms with Gasteiger partial charge in [-0.1, -0.05) is 13.0 Å². The smallest absolute Gasteiger partial charge is 0.251 e. The van der Waals surface area contributed by atoms with Crippen LogP contribution in [0.4, 0.5) is 5.69 Å². The maximum atomic E-state index is 12.3. The number of nitrogen functional groups attached to an aromatic ring is 1. The highest BCUT2D eigenvalue weighted by molar-refractivity contribution is 7.10. The van der Waals surface area contributed by atoms with E-state index in [0.717, 1.165) is 17.7 Å². The topological polar surface area (TPSA) is 67.2 Å². The average Bonchev–Trinajstić information content (AvgIpc) is 2.98. The van der Waals surface area contributed by atoms with Gasteiger partial charge in [-0.25, -0.2) is 0 Å². The predicted molar refractivity (Wildman–Crippen MR) is 83.8 cm³/mol. The first-order valence-electron chi connectivity index (χ1n) is 6.57. The number of carbonyl (C=O) groups excluding carboxylic acids is 1. The van der Waals surface area contributed by atoms with Gasteiger partial charge in [0.25, 0.3) is 5.91 Å². The first-order chi connectivity index (χ1) is 9.65. The Labute approximate surface area is 123 Å². The molecule has 1 aromatic carbocycles. The van der Waals surface area contributed by atoms with Crippen LogP contribution in [-0.4, -0.2) is 5.91 Å². The molecule has 0 aliphatic rings. The number of aryl methyl sites for hydroxylation is 1. The van der Waals surface area contributed by atoms with Gasteiger partial charge in [-0.2, -0.15) is 0 Å². The van der Waals surface area contributed by atoms with Crippen LogP contribution < -0.4 is 16.6 Å². The van der Waals surface area contributed by atoms with Crippen LogP contribution in [0.25, 0.3) is 0 Å². The van der Waals surface area contributed by atoms with Gasteiger partial charge >= 0.3 is 0 Å². The predicted octanol–water partition coefficient (Wildman–Crippen LogP) is 3.22. The van der Waals surface area contributed by atoms with Gasteiger partial charge in [0.1, 0.15) is 0 Å². The van der Waals surface area contributed by atoms with Crippen molar-refractivity contribution in [3.8, 4) is 0 Å². The number of hydrogen-bond acceptors (Lipinski definition) is 4. The Morgan fingerprint density at radius 1 is 1.40 bits per heavy atom. The van der Waals surface area contributed by atoms with E-state index in [0.29, 0.717) is 5.56 Å². The Bertz CT molecular complexity index is 581. The fraction of sp³-hybridized carbons (Fsp3) is 0.267. The summed E-state index contributed by atoms with van der Waals surface area (Å²) in [7, 11) is 0. The molecule has 1 amide bonds. The molecule has 2 rings (SSSR count). The molecule has 0 aliphatic heterocycles. The van der Waals surface area contributed by atoms with Gasteiger partial charge in [-0.3, -0.25) is 10.6 Å². The number of carbonyl (C=O) groups is 1. The Balaban J connectivity index is 2.13. The molecule has 0 saturated heterocycles. The van der Waals surface area contributed by atoms with Crippen LogP contribution >= 0.6 is 11.3 Å². The van der Waals surface area contributed by atoms with Crippen molar-refractivity contribution < 1.29 is 4.79 Å². The van der Waals surface area contributed by atoms with Crippen molar-refractivity contribution in [1.29, 1.82) is 0 Å². The third-order valence-electron chi connectivity index (χ3n) is 3.24. The third kappa shape index (κ3) is 3.18. The summed E-state index contributed by atoms with van der Waals surface area (Å²) in [5, 5.41) is 5.09. The fourth-order valence-electron chi connectivity index (χ4n) is 2.07. The van der Waals surface area contributed by atoms with E-state index in [2.05, 4.69) is 17.7 Å². The third-order valence-corrected chi connectivity index (χ3v) is 4.23. The zero-order valence-corrected chi connectivity index (χ0v) is 12.5. The van der Waals surface area contributed by atoms with Gasteiger partial charge in [-0.15, -0.1) is 11.3 Å². The van der Waals surface area contributed by atoms with Crippen LogP contribution in [0.1, 0.15) is 40.2 Å². The van der Waals surface area contributed by atoms with Crippen LogP contribution in [0, 0.1) is 6.92 Å². The van der Waals surface area contributed by atoms with Gasteiger partial charge < -0.3 is 10.7 Å². The highest BCUT2D eigenvalue weighted by atomic mass is 32.1. The number of hydrazine groups is 1. The first-order valence-corrected chi connectivity index (χ1v) is 7.45. The minimum Gasteiger partial charge on any atom is -0.344 e. The number of thiophene rings is 1. The number of benzene rings is 1. The summed E-state index contributed by atoms with van der Waals surface area (Å²) in [6.07, 6.45) is 0.869. The normalized spacial score (nSPS) is 11.9. The molecule has 4 N–H and O–H groups in total. The highest BCUT2D eigenvalue weighted by Gasteiger charge is 2.15. The molecule has 4 nitrogen and oxygen atoms in total. The number of nitrogens with one attached hydrogen (secondary N) is 2. The van der Waals surface area contributed by atoms with E-state index in [9.17, 15) is 4.79 Å².